The van der Waals surface area contributed by atoms with Crippen LogP contribution in [0.1, 0.15) is 5.56 Å². The van der Waals surface area contributed by atoms with Crippen LogP contribution in [0.3, 0.4) is 0 Å². The van der Waals surface area contributed by atoms with Gasteiger partial charge in [-0.05, 0) is 48.5 Å². The van der Waals surface area contributed by atoms with E-state index in [9.17, 15) is 4.79 Å². The number of nitrogens with zero attached hydrogens (tertiary/aromatic N) is 5. The zero-order chi connectivity index (χ0) is 23.9. The maximum Gasteiger partial charge on any atom is 0.291 e. The molecule has 0 amide bonds. The Hall–Kier alpha value is -4.21. The maximum absolute atomic E-state index is 13.1. The molecule has 0 fully saturated rings. The fraction of sp³-hybridized carbons (Fsp3) is 0.0400. The second-order valence-corrected chi connectivity index (χ2v) is 9.00. The Morgan fingerprint density at radius 2 is 1.94 bits per heavy atom. The van der Waals surface area contributed by atoms with Crippen LogP contribution >= 0.6 is 22.9 Å². The van der Waals surface area contributed by atoms with Gasteiger partial charge in [-0.1, -0.05) is 41.1 Å². The standard InChI is InChI=1S/C25H16ClN5O3S/c1-33-19-10-9-15(12-18(19)26)22-16(14-30(28-22)17-6-3-2-4-7-17)13-21-24(32)31-25(35-21)27-23(29-31)20-8-5-11-34-20/h2-14H,1H3/b21-13-. The fourth-order valence-electron chi connectivity index (χ4n) is 3.73. The number of hydrogen-bond donors (Lipinski definition) is 0. The van der Waals surface area contributed by atoms with Crippen LogP contribution in [-0.4, -0.2) is 31.5 Å². The van der Waals surface area contributed by atoms with E-state index in [1.807, 2.05) is 42.6 Å². The zero-order valence-corrected chi connectivity index (χ0v) is 19.8. The maximum atomic E-state index is 13.1. The van der Waals surface area contributed by atoms with Crippen LogP contribution in [0.5, 0.6) is 5.75 Å². The summed E-state index contributed by atoms with van der Waals surface area (Å²) in [6, 6.07) is 18.7. The van der Waals surface area contributed by atoms with Crippen molar-refractivity contribution in [2.45, 2.75) is 0 Å². The van der Waals surface area contributed by atoms with Gasteiger partial charge in [-0.15, -0.1) is 5.10 Å². The molecule has 2 aromatic carbocycles. The first-order valence-corrected chi connectivity index (χ1v) is 11.7. The quantitative estimate of drug-likeness (QED) is 0.346. The molecule has 0 unspecified atom stereocenters. The lowest BCUT2D eigenvalue weighted by atomic mass is 10.1. The second-order valence-electron chi connectivity index (χ2n) is 7.59. The molecule has 0 aliphatic heterocycles. The van der Waals surface area contributed by atoms with Gasteiger partial charge >= 0.3 is 0 Å². The lowest BCUT2D eigenvalue weighted by Gasteiger charge is -2.05. The lowest BCUT2D eigenvalue weighted by Crippen LogP contribution is -2.23. The van der Waals surface area contributed by atoms with Crippen molar-refractivity contribution in [2.75, 3.05) is 7.11 Å². The minimum atomic E-state index is -0.263. The number of thiazole rings is 1. The summed E-state index contributed by atoms with van der Waals surface area (Å²) in [5.74, 6) is 1.45. The van der Waals surface area contributed by atoms with E-state index in [1.54, 1.807) is 48.4 Å². The van der Waals surface area contributed by atoms with Gasteiger partial charge in [0, 0.05) is 17.3 Å². The highest BCUT2D eigenvalue weighted by Crippen LogP contribution is 2.32. The molecule has 0 aliphatic carbocycles. The molecule has 6 aromatic rings. The topological polar surface area (TPSA) is 87.4 Å². The molecule has 0 N–H and O–H groups in total. The number of aromatic nitrogens is 5. The number of halogens is 1. The number of fused-ring (bicyclic) bond motifs is 1. The molecule has 172 valence electrons. The van der Waals surface area contributed by atoms with Gasteiger partial charge in [0.2, 0.25) is 10.8 Å². The van der Waals surface area contributed by atoms with E-state index < -0.39 is 0 Å². The Labute approximate surface area is 207 Å². The predicted molar refractivity (Wildman–Crippen MR) is 134 cm³/mol. The summed E-state index contributed by atoms with van der Waals surface area (Å²) < 4.78 is 14.2. The van der Waals surface area contributed by atoms with Crippen molar-refractivity contribution in [3.05, 3.63) is 98.6 Å². The van der Waals surface area contributed by atoms with Crippen LogP contribution in [0.2, 0.25) is 5.02 Å². The summed E-state index contributed by atoms with van der Waals surface area (Å²) in [5.41, 5.74) is 2.85. The average Bonchev–Trinajstić information content (AvgIpc) is 3.66. The molecule has 0 saturated carbocycles. The van der Waals surface area contributed by atoms with E-state index >= 15 is 0 Å². The van der Waals surface area contributed by atoms with Gasteiger partial charge in [0.05, 0.1) is 28.6 Å². The molecule has 8 nitrogen and oxygen atoms in total. The first-order valence-electron chi connectivity index (χ1n) is 10.5. The highest BCUT2D eigenvalue weighted by atomic mass is 35.5. The summed E-state index contributed by atoms with van der Waals surface area (Å²) in [7, 11) is 1.57. The average molecular weight is 502 g/mol. The molecule has 6 rings (SSSR count). The Kier molecular flexibility index (Phi) is 5.20. The number of ether oxygens (including phenoxy) is 1. The van der Waals surface area contributed by atoms with Crippen molar-refractivity contribution in [3.8, 4) is 34.3 Å². The van der Waals surface area contributed by atoms with Crippen LogP contribution in [0.4, 0.5) is 0 Å². The molecular weight excluding hydrogens is 486 g/mol. The third-order valence-electron chi connectivity index (χ3n) is 5.40. The van der Waals surface area contributed by atoms with E-state index in [-0.39, 0.29) is 5.56 Å². The fourth-order valence-corrected chi connectivity index (χ4v) is 4.89. The minimum absolute atomic E-state index is 0.263. The summed E-state index contributed by atoms with van der Waals surface area (Å²) in [6.45, 7) is 0. The Morgan fingerprint density at radius 3 is 2.66 bits per heavy atom. The van der Waals surface area contributed by atoms with Crippen molar-refractivity contribution in [1.82, 2.24) is 24.4 Å². The third-order valence-corrected chi connectivity index (χ3v) is 6.65. The normalized spacial score (nSPS) is 12.0. The van der Waals surface area contributed by atoms with E-state index in [1.165, 1.54) is 15.9 Å². The Bertz CT molecular complexity index is 1770. The van der Waals surface area contributed by atoms with Gasteiger partial charge in [-0.25, -0.2) is 4.68 Å². The van der Waals surface area contributed by atoms with E-state index in [2.05, 4.69) is 10.1 Å². The van der Waals surface area contributed by atoms with Gasteiger partial charge in [0.25, 0.3) is 5.56 Å². The molecule has 0 aliphatic rings. The SMILES string of the molecule is COc1ccc(-c2nn(-c3ccccc3)cc2/C=c2\sc3nc(-c4ccco4)nn3c2=O)cc1Cl. The van der Waals surface area contributed by atoms with Crippen LogP contribution in [0, 0.1) is 0 Å². The van der Waals surface area contributed by atoms with Crippen LogP contribution in [-0.2, 0) is 0 Å². The predicted octanol–water partition coefficient (Wildman–Crippen LogP) is 4.47. The number of rotatable bonds is 5. The number of para-hydroxylation sites is 1. The molecule has 0 atom stereocenters. The van der Waals surface area contributed by atoms with Gasteiger partial charge in [0.15, 0.2) is 5.76 Å². The van der Waals surface area contributed by atoms with Crippen LogP contribution in [0.15, 0.2) is 82.3 Å². The molecular formula is C25H16ClN5O3S. The third kappa shape index (κ3) is 3.80. The Balaban J connectivity index is 1.51. The second kappa shape index (κ2) is 8.53. The van der Waals surface area contributed by atoms with Gasteiger partial charge in [-0.3, -0.25) is 4.79 Å². The summed E-state index contributed by atoms with van der Waals surface area (Å²) >= 11 is 7.64. The van der Waals surface area contributed by atoms with E-state index in [0.717, 1.165) is 16.8 Å². The molecule has 0 spiro atoms. The first kappa shape index (κ1) is 21.3. The molecule has 4 heterocycles. The van der Waals surface area contributed by atoms with Crippen LogP contribution in [0.25, 0.3) is 39.6 Å². The summed E-state index contributed by atoms with van der Waals surface area (Å²) in [5, 5.41) is 9.59. The van der Waals surface area contributed by atoms with Crippen molar-refractivity contribution in [3.63, 3.8) is 0 Å². The smallest absolute Gasteiger partial charge is 0.291 e. The number of furan rings is 1. The van der Waals surface area contributed by atoms with Crippen molar-refractivity contribution in [1.29, 1.82) is 0 Å². The monoisotopic (exact) mass is 501 g/mol. The minimum Gasteiger partial charge on any atom is -0.495 e. The molecule has 10 heteroatoms. The highest BCUT2D eigenvalue weighted by Gasteiger charge is 2.16. The largest absolute Gasteiger partial charge is 0.495 e. The van der Waals surface area contributed by atoms with Crippen molar-refractivity contribution >= 4 is 34.0 Å². The number of methoxy groups -OCH3 is 1. The van der Waals surface area contributed by atoms with Crippen molar-refractivity contribution < 1.29 is 9.15 Å². The van der Waals surface area contributed by atoms with Crippen molar-refractivity contribution in [2.24, 2.45) is 0 Å². The lowest BCUT2D eigenvalue weighted by molar-refractivity contribution is 0.415. The number of benzene rings is 2. The van der Waals surface area contributed by atoms with Gasteiger partial charge in [-0.2, -0.15) is 14.6 Å². The summed E-state index contributed by atoms with van der Waals surface area (Å²) in [6.07, 6.45) is 5.22. The molecule has 0 radical (unpaired) electrons. The Morgan fingerprint density at radius 1 is 1.09 bits per heavy atom. The summed E-state index contributed by atoms with van der Waals surface area (Å²) in [4.78, 5) is 18.1. The zero-order valence-electron chi connectivity index (χ0n) is 18.3. The van der Waals surface area contributed by atoms with Crippen LogP contribution < -0.4 is 14.8 Å². The van der Waals surface area contributed by atoms with E-state index in [0.29, 0.717) is 37.5 Å². The first-order chi connectivity index (χ1) is 17.1. The van der Waals surface area contributed by atoms with Gasteiger partial charge in [0.1, 0.15) is 11.4 Å². The molecule has 0 saturated heterocycles. The molecule has 35 heavy (non-hydrogen) atoms. The highest BCUT2D eigenvalue weighted by molar-refractivity contribution is 7.15. The van der Waals surface area contributed by atoms with E-state index in [4.69, 9.17) is 25.9 Å². The van der Waals surface area contributed by atoms with Gasteiger partial charge < -0.3 is 9.15 Å². The molecule has 0 bridgehead atoms. The molecule has 4 aromatic heterocycles. The number of hydrogen-bond acceptors (Lipinski definition) is 7.